The highest BCUT2D eigenvalue weighted by molar-refractivity contribution is 6.33. The summed E-state index contributed by atoms with van der Waals surface area (Å²) >= 11 is 6.11. The molecular weight excluding hydrogens is 264 g/mol. The highest BCUT2D eigenvalue weighted by Gasteiger charge is 2.06. The van der Waals surface area contributed by atoms with Gasteiger partial charge in [-0.2, -0.15) is 5.10 Å². The standard InChI is InChI=1S/C13H9ClN4O/c14-12-4-2-1-3-11(12)13-6-5-10(19-13)7-17-18-8-15-16-9-18/h1-9H/b17-7+. The van der Waals surface area contributed by atoms with Crippen LogP contribution in [0.2, 0.25) is 5.02 Å². The summed E-state index contributed by atoms with van der Waals surface area (Å²) in [5.41, 5.74) is 0.855. The summed E-state index contributed by atoms with van der Waals surface area (Å²) in [4.78, 5) is 0. The smallest absolute Gasteiger partial charge is 0.147 e. The minimum atomic E-state index is 0.628. The molecule has 0 atom stereocenters. The average molecular weight is 273 g/mol. The quantitative estimate of drug-likeness (QED) is 0.689. The van der Waals surface area contributed by atoms with Gasteiger partial charge >= 0.3 is 0 Å². The first-order chi connectivity index (χ1) is 9.33. The molecule has 0 radical (unpaired) electrons. The zero-order chi connectivity index (χ0) is 13.1. The van der Waals surface area contributed by atoms with E-state index in [1.165, 1.54) is 17.3 Å². The largest absolute Gasteiger partial charge is 0.455 e. The third kappa shape index (κ3) is 2.56. The van der Waals surface area contributed by atoms with Crippen LogP contribution in [0.25, 0.3) is 11.3 Å². The Morgan fingerprint density at radius 2 is 1.89 bits per heavy atom. The molecule has 3 aromatic rings. The van der Waals surface area contributed by atoms with Crippen LogP contribution in [0.5, 0.6) is 0 Å². The van der Waals surface area contributed by atoms with Crippen LogP contribution in [0.3, 0.4) is 0 Å². The zero-order valence-corrected chi connectivity index (χ0v) is 10.5. The summed E-state index contributed by atoms with van der Waals surface area (Å²) in [7, 11) is 0. The highest BCUT2D eigenvalue weighted by Crippen LogP contribution is 2.28. The Kier molecular flexibility index (Phi) is 3.12. The van der Waals surface area contributed by atoms with Crippen molar-refractivity contribution >= 4 is 17.8 Å². The molecule has 94 valence electrons. The van der Waals surface area contributed by atoms with E-state index < -0.39 is 0 Å². The maximum Gasteiger partial charge on any atom is 0.147 e. The second-order valence-corrected chi connectivity index (χ2v) is 4.18. The Balaban J connectivity index is 1.86. The van der Waals surface area contributed by atoms with Gasteiger partial charge in [0.15, 0.2) is 0 Å². The van der Waals surface area contributed by atoms with Crippen molar-refractivity contribution in [1.82, 2.24) is 14.9 Å². The van der Waals surface area contributed by atoms with E-state index >= 15 is 0 Å². The molecule has 0 saturated heterocycles. The van der Waals surface area contributed by atoms with Gasteiger partial charge < -0.3 is 4.42 Å². The first kappa shape index (κ1) is 11.7. The van der Waals surface area contributed by atoms with Crippen LogP contribution in [-0.4, -0.2) is 21.1 Å². The van der Waals surface area contributed by atoms with Gasteiger partial charge in [0, 0.05) is 5.56 Å². The van der Waals surface area contributed by atoms with Crippen molar-refractivity contribution in [3.63, 3.8) is 0 Å². The van der Waals surface area contributed by atoms with Crippen LogP contribution in [0.15, 0.2) is 58.6 Å². The number of hydrogen-bond donors (Lipinski definition) is 0. The number of benzene rings is 1. The number of hydrogen-bond acceptors (Lipinski definition) is 4. The third-order valence-electron chi connectivity index (χ3n) is 2.49. The van der Waals surface area contributed by atoms with Gasteiger partial charge in [-0.05, 0) is 24.3 Å². The van der Waals surface area contributed by atoms with Crippen molar-refractivity contribution in [2.75, 3.05) is 0 Å². The Morgan fingerprint density at radius 3 is 2.68 bits per heavy atom. The van der Waals surface area contributed by atoms with Crippen LogP contribution < -0.4 is 0 Å². The molecule has 0 amide bonds. The number of nitrogens with zero attached hydrogens (tertiary/aromatic N) is 4. The highest BCUT2D eigenvalue weighted by atomic mass is 35.5. The van der Waals surface area contributed by atoms with Crippen molar-refractivity contribution in [2.45, 2.75) is 0 Å². The summed E-state index contributed by atoms with van der Waals surface area (Å²) in [5, 5.41) is 12.1. The SMILES string of the molecule is Clc1ccccc1-c1ccc(/C=N/n2cnnc2)o1. The molecule has 5 nitrogen and oxygen atoms in total. The van der Waals surface area contributed by atoms with Gasteiger partial charge in [0.05, 0.1) is 11.2 Å². The summed E-state index contributed by atoms with van der Waals surface area (Å²) in [5.74, 6) is 1.33. The van der Waals surface area contributed by atoms with Gasteiger partial charge in [-0.1, -0.05) is 23.7 Å². The van der Waals surface area contributed by atoms with Crippen molar-refractivity contribution in [1.29, 1.82) is 0 Å². The second-order valence-electron chi connectivity index (χ2n) is 3.77. The molecule has 19 heavy (non-hydrogen) atoms. The second kappa shape index (κ2) is 5.07. The molecule has 1 aromatic carbocycles. The number of aromatic nitrogens is 3. The summed E-state index contributed by atoms with van der Waals surface area (Å²) in [6.07, 6.45) is 4.58. The Bertz CT molecular complexity index is 703. The van der Waals surface area contributed by atoms with Crippen molar-refractivity contribution in [2.24, 2.45) is 5.10 Å². The number of furan rings is 1. The maximum atomic E-state index is 6.11. The number of rotatable bonds is 3. The lowest BCUT2D eigenvalue weighted by Gasteiger charge is -1.98. The lowest BCUT2D eigenvalue weighted by molar-refractivity contribution is 0.574. The van der Waals surface area contributed by atoms with E-state index in [9.17, 15) is 0 Å². The van der Waals surface area contributed by atoms with E-state index in [4.69, 9.17) is 16.0 Å². The van der Waals surface area contributed by atoms with E-state index in [2.05, 4.69) is 15.3 Å². The Hall–Kier alpha value is -2.40. The summed E-state index contributed by atoms with van der Waals surface area (Å²) in [6.45, 7) is 0. The van der Waals surface area contributed by atoms with Crippen LogP contribution in [0.4, 0.5) is 0 Å². The lowest BCUT2D eigenvalue weighted by Crippen LogP contribution is -1.84. The molecule has 0 unspecified atom stereocenters. The topological polar surface area (TPSA) is 56.2 Å². The molecule has 0 spiro atoms. The molecule has 0 aliphatic rings. The summed E-state index contributed by atoms with van der Waals surface area (Å²) < 4.78 is 7.14. The van der Waals surface area contributed by atoms with Crippen LogP contribution in [0, 0.1) is 0 Å². The first-order valence-corrected chi connectivity index (χ1v) is 5.94. The van der Waals surface area contributed by atoms with Crippen LogP contribution >= 0.6 is 11.6 Å². The van der Waals surface area contributed by atoms with Gasteiger partial charge in [-0.15, -0.1) is 10.2 Å². The van der Waals surface area contributed by atoms with E-state index in [1.807, 2.05) is 36.4 Å². The fraction of sp³-hybridized carbons (Fsp3) is 0. The van der Waals surface area contributed by atoms with E-state index in [1.54, 1.807) is 6.21 Å². The molecule has 2 aromatic heterocycles. The lowest BCUT2D eigenvalue weighted by atomic mass is 10.2. The molecule has 3 rings (SSSR count). The Morgan fingerprint density at radius 1 is 1.11 bits per heavy atom. The van der Waals surface area contributed by atoms with Crippen LogP contribution in [-0.2, 0) is 0 Å². The van der Waals surface area contributed by atoms with Gasteiger partial charge in [0.25, 0.3) is 0 Å². The fourth-order valence-electron chi connectivity index (χ4n) is 1.61. The normalized spacial score (nSPS) is 11.2. The Labute approximate surface area is 114 Å². The molecule has 0 aliphatic heterocycles. The molecule has 6 heteroatoms. The van der Waals surface area contributed by atoms with E-state index in [-0.39, 0.29) is 0 Å². The molecule has 0 aliphatic carbocycles. The fourth-order valence-corrected chi connectivity index (χ4v) is 1.84. The minimum Gasteiger partial charge on any atom is -0.455 e. The van der Waals surface area contributed by atoms with Crippen molar-refractivity contribution < 1.29 is 4.42 Å². The average Bonchev–Trinajstić information content (AvgIpc) is 3.08. The maximum absolute atomic E-state index is 6.11. The van der Waals surface area contributed by atoms with Gasteiger partial charge in [0.2, 0.25) is 0 Å². The van der Waals surface area contributed by atoms with E-state index in [0.717, 1.165) is 5.56 Å². The van der Waals surface area contributed by atoms with Gasteiger partial charge in [0.1, 0.15) is 24.2 Å². The minimum absolute atomic E-state index is 0.628. The zero-order valence-electron chi connectivity index (χ0n) is 9.77. The van der Waals surface area contributed by atoms with Crippen LogP contribution in [0.1, 0.15) is 5.76 Å². The van der Waals surface area contributed by atoms with Crippen molar-refractivity contribution in [3.05, 3.63) is 59.8 Å². The number of halogens is 1. The predicted molar refractivity (Wildman–Crippen MR) is 72.2 cm³/mol. The van der Waals surface area contributed by atoms with Gasteiger partial charge in [-0.25, -0.2) is 4.68 Å². The summed E-state index contributed by atoms with van der Waals surface area (Å²) in [6, 6.07) is 11.2. The van der Waals surface area contributed by atoms with Gasteiger partial charge in [-0.3, -0.25) is 0 Å². The molecule has 2 heterocycles. The molecule has 0 fully saturated rings. The molecule has 0 saturated carbocycles. The predicted octanol–water partition coefficient (Wildman–Crippen LogP) is 3.07. The molecule has 0 bridgehead atoms. The third-order valence-corrected chi connectivity index (χ3v) is 2.82. The van der Waals surface area contributed by atoms with E-state index in [0.29, 0.717) is 16.5 Å². The van der Waals surface area contributed by atoms with Crippen molar-refractivity contribution in [3.8, 4) is 11.3 Å². The first-order valence-electron chi connectivity index (χ1n) is 5.56. The molecular formula is C13H9ClN4O. The monoisotopic (exact) mass is 272 g/mol. The molecule has 0 N–H and O–H groups in total.